The first-order valence-corrected chi connectivity index (χ1v) is 3.92. The number of para-hydroxylation sites is 1. The number of phenolic OH excluding ortho intramolecular Hbond substituents is 1. The van der Waals surface area contributed by atoms with Crippen molar-refractivity contribution in [3.8, 4) is 5.75 Å². The molecular weight excluding hydrogens is 213 g/mol. The zero-order valence-electron chi connectivity index (χ0n) is 7.38. The highest BCUT2D eigenvalue weighted by molar-refractivity contribution is 5.71. The number of carboxylic acid groups (broad SMARTS) is 1. The summed E-state index contributed by atoms with van der Waals surface area (Å²) in [6.07, 6.45) is -5.33. The zero-order chi connectivity index (χ0) is 11.6. The van der Waals surface area contributed by atoms with Crippen LogP contribution in [0.4, 0.5) is 13.2 Å². The van der Waals surface area contributed by atoms with Crippen LogP contribution >= 0.6 is 0 Å². The van der Waals surface area contributed by atoms with Gasteiger partial charge in [0.05, 0.1) is 12.0 Å². The van der Waals surface area contributed by atoms with E-state index in [1.807, 2.05) is 0 Å². The topological polar surface area (TPSA) is 57.5 Å². The van der Waals surface area contributed by atoms with Crippen LogP contribution in [0.25, 0.3) is 0 Å². The van der Waals surface area contributed by atoms with Crippen LogP contribution in [0.5, 0.6) is 5.75 Å². The minimum Gasteiger partial charge on any atom is -0.507 e. The monoisotopic (exact) mass is 220 g/mol. The molecule has 0 spiro atoms. The molecule has 0 bridgehead atoms. The fourth-order valence-corrected chi connectivity index (χ4v) is 1.13. The number of aliphatic carboxylic acids is 1. The van der Waals surface area contributed by atoms with Gasteiger partial charge in [0.25, 0.3) is 0 Å². The lowest BCUT2D eigenvalue weighted by Crippen LogP contribution is -2.08. The Bertz CT molecular complexity index is 385. The van der Waals surface area contributed by atoms with E-state index in [9.17, 15) is 23.1 Å². The lowest BCUT2D eigenvalue weighted by atomic mass is 10.1. The number of carbonyl (C=O) groups is 1. The number of rotatable bonds is 2. The number of aromatic hydroxyl groups is 1. The van der Waals surface area contributed by atoms with Crippen LogP contribution in [0.2, 0.25) is 0 Å². The van der Waals surface area contributed by atoms with Crippen molar-refractivity contribution in [3.05, 3.63) is 29.3 Å². The quantitative estimate of drug-likeness (QED) is 0.801. The molecule has 0 aliphatic rings. The van der Waals surface area contributed by atoms with Crippen LogP contribution in [0.1, 0.15) is 11.1 Å². The second-order valence-corrected chi connectivity index (χ2v) is 2.88. The molecule has 0 aromatic heterocycles. The Hall–Kier alpha value is -1.72. The maximum absolute atomic E-state index is 12.3. The highest BCUT2D eigenvalue weighted by Gasteiger charge is 2.34. The molecular formula is C9H7F3O3. The Kier molecular flexibility index (Phi) is 2.88. The molecule has 0 saturated heterocycles. The number of alkyl halides is 3. The van der Waals surface area contributed by atoms with E-state index in [0.717, 1.165) is 12.1 Å². The van der Waals surface area contributed by atoms with Crippen LogP contribution in [0.3, 0.4) is 0 Å². The molecule has 1 aromatic carbocycles. The van der Waals surface area contributed by atoms with E-state index in [0.29, 0.717) is 6.07 Å². The molecule has 0 aliphatic carbocycles. The molecule has 0 heterocycles. The van der Waals surface area contributed by atoms with Gasteiger partial charge < -0.3 is 10.2 Å². The molecule has 0 amide bonds. The summed E-state index contributed by atoms with van der Waals surface area (Å²) in [5, 5.41) is 17.6. The number of hydrogen-bond acceptors (Lipinski definition) is 2. The Morgan fingerprint density at radius 1 is 1.33 bits per heavy atom. The van der Waals surface area contributed by atoms with Crippen LogP contribution < -0.4 is 0 Å². The van der Waals surface area contributed by atoms with Crippen molar-refractivity contribution in [2.24, 2.45) is 0 Å². The third kappa shape index (κ3) is 2.61. The second kappa shape index (κ2) is 3.80. The molecule has 0 fully saturated rings. The van der Waals surface area contributed by atoms with E-state index >= 15 is 0 Å². The van der Waals surface area contributed by atoms with Gasteiger partial charge in [-0.05, 0) is 6.07 Å². The van der Waals surface area contributed by atoms with Crippen molar-refractivity contribution in [3.63, 3.8) is 0 Å². The van der Waals surface area contributed by atoms with Crippen molar-refractivity contribution in [1.82, 2.24) is 0 Å². The van der Waals surface area contributed by atoms with E-state index in [1.165, 1.54) is 0 Å². The molecule has 0 aliphatic heterocycles. The summed E-state index contributed by atoms with van der Waals surface area (Å²) in [5.41, 5.74) is -1.47. The van der Waals surface area contributed by atoms with Gasteiger partial charge in [-0.15, -0.1) is 0 Å². The average Bonchev–Trinajstić information content (AvgIpc) is 2.05. The van der Waals surface area contributed by atoms with Gasteiger partial charge in [0, 0.05) is 5.56 Å². The smallest absolute Gasteiger partial charge is 0.419 e. The number of benzene rings is 1. The van der Waals surface area contributed by atoms with Crippen LogP contribution in [0, 0.1) is 0 Å². The van der Waals surface area contributed by atoms with E-state index in [2.05, 4.69) is 0 Å². The van der Waals surface area contributed by atoms with Crippen LogP contribution in [-0.4, -0.2) is 16.2 Å². The number of halogens is 3. The predicted molar refractivity (Wildman–Crippen MR) is 44.4 cm³/mol. The molecule has 82 valence electrons. The first-order valence-electron chi connectivity index (χ1n) is 3.92. The number of hydrogen-bond donors (Lipinski definition) is 2. The third-order valence-corrected chi connectivity index (χ3v) is 1.77. The first kappa shape index (κ1) is 11.4. The lowest BCUT2D eigenvalue weighted by Gasteiger charge is -2.10. The fourth-order valence-electron chi connectivity index (χ4n) is 1.13. The second-order valence-electron chi connectivity index (χ2n) is 2.88. The lowest BCUT2D eigenvalue weighted by molar-refractivity contribution is -0.139. The van der Waals surface area contributed by atoms with Crippen LogP contribution in [0.15, 0.2) is 18.2 Å². The minimum absolute atomic E-state index is 0.252. The summed E-state index contributed by atoms with van der Waals surface area (Å²) in [6, 6.07) is 2.89. The summed E-state index contributed by atoms with van der Waals surface area (Å²) >= 11 is 0. The standard InChI is InChI=1S/C9H7F3O3/c10-9(11,12)6-3-1-2-5(8(6)15)4-7(13)14/h1-3,15H,4H2,(H,13,14). The highest BCUT2D eigenvalue weighted by atomic mass is 19.4. The maximum Gasteiger partial charge on any atom is 0.419 e. The van der Waals surface area contributed by atoms with Gasteiger partial charge in [0.1, 0.15) is 5.75 Å². The first-order chi connectivity index (χ1) is 6.82. The molecule has 0 saturated carbocycles. The fraction of sp³-hybridized carbons (Fsp3) is 0.222. The van der Waals surface area contributed by atoms with Gasteiger partial charge in [-0.2, -0.15) is 13.2 Å². The molecule has 6 heteroatoms. The SMILES string of the molecule is O=C(O)Cc1cccc(C(F)(F)F)c1O. The van der Waals surface area contributed by atoms with Gasteiger partial charge in [-0.25, -0.2) is 0 Å². The minimum atomic E-state index is -4.68. The predicted octanol–water partition coefficient (Wildman–Crippen LogP) is 2.04. The summed E-state index contributed by atoms with van der Waals surface area (Å²) in [6.45, 7) is 0. The van der Waals surface area contributed by atoms with Crippen molar-refractivity contribution in [1.29, 1.82) is 0 Å². The summed E-state index contributed by atoms with van der Waals surface area (Å²) in [7, 11) is 0. The molecule has 0 radical (unpaired) electrons. The highest BCUT2D eigenvalue weighted by Crippen LogP contribution is 2.37. The summed E-state index contributed by atoms with van der Waals surface area (Å²) in [5.74, 6) is -2.32. The van der Waals surface area contributed by atoms with Gasteiger partial charge >= 0.3 is 12.1 Å². The van der Waals surface area contributed by atoms with E-state index in [4.69, 9.17) is 5.11 Å². The van der Waals surface area contributed by atoms with Crippen molar-refractivity contribution < 1.29 is 28.2 Å². The third-order valence-electron chi connectivity index (χ3n) is 1.77. The van der Waals surface area contributed by atoms with Crippen molar-refractivity contribution in [2.75, 3.05) is 0 Å². The molecule has 0 unspecified atom stereocenters. The van der Waals surface area contributed by atoms with E-state index < -0.39 is 29.9 Å². The Balaban J connectivity index is 3.17. The van der Waals surface area contributed by atoms with Gasteiger partial charge in [-0.3, -0.25) is 4.79 Å². The molecule has 0 atom stereocenters. The van der Waals surface area contributed by atoms with Crippen LogP contribution in [-0.2, 0) is 17.4 Å². The molecule has 15 heavy (non-hydrogen) atoms. The number of carboxylic acids is 1. The Morgan fingerprint density at radius 2 is 1.93 bits per heavy atom. The molecule has 2 N–H and O–H groups in total. The Labute approximate surface area is 82.8 Å². The molecule has 3 nitrogen and oxygen atoms in total. The zero-order valence-corrected chi connectivity index (χ0v) is 7.38. The number of phenols is 1. The van der Waals surface area contributed by atoms with E-state index in [-0.39, 0.29) is 5.56 Å². The normalized spacial score (nSPS) is 11.4. The van der Waals surface area contributed by atoms with Crippen molar-refractivity contribution in [2.45, 2.75) is 12.6 Å². The average molecular weight is 220 g/mol. The van der Waals surface area contributed by atoms with Gasteiger partial charge in [-0.1, -0.05) is 12.1 Å². The van der Waals surface area contributed by atoms with Gasteiger partial charge in [0.15, 0.2) is 0 Å². The maximum atomic E-state index is 12.3. The van der Waals surface area contributed by atoms with E-state index in [1.54, 1.807) is 0 Å². The molecule has 1 rings (SSSR count). The van der Waals surface area contributed by atoms with Gasteiger partial charge in [0.2, 0.25) is 0 Å². The molecule has 1 aromatic rings. The largest absolute Gasteiger partial charge is 0.507 e. The van der Waals surface area contributed by atoms with Crippen molar-refractivity contribution >= 4 is 5.97 Å². The Morgan fingerprint density at radius 3 is 2.40 bits per heavy atom. The summed E-state index contributed by atoms with van der Waals surface area (Å²) < 4.78 is 36.8. The summed E-state index contributed by atoms with van der Waals surface area (Å²) in [4.78, 5) is 10.3.